The summed E-state index contributed by atoms with van der Waals surface area (Å²) in [4.78, 5) is 11.6. The highest BCUT2D eigenvalue weighted by atomic mass is 35.5. The van der Waals surface area contributed by atoms with Crippen molar-refractivity contribution in [1.82, 2.24) is 10.6 Å². The molecule has 1 unspecified atom stereocenters. The fourth-order valence-electron chi connectivity index (χ4n) is 1.45. The molecule has 0 bridgehead atoms. The molecule has 0 aliphatic heterocycles. The van der Waals surface area contributed by atoms with Gasteiger partial charge >= 0.3 is 0 Å². The first-order chi connectivity index (χ1) is 8.63. The molecule has 0 aliphatic carbocycles. The van der Waals surface area contributed by atoms with Crippen molar-refractivity contribution < 1.29 is 9.53 Å². The molecule has 6 heteroatoms. The van der Waals surface area contributed by atoms with E-state index in [9.17, 15) is 4.79 Å². The van der Waals surface area contributed by atoms with Gasteiger partial charge in [-0.05, 0) is 31.3 Å². The van der Waals surface area contributed by atoms with E-state index in [0.29, 0.717) is 24.7 Å². The number of hydrogen-bond acceptors (Lipinski definition) is 3. The maximum Gasteiger partial charge on any atom is 0.224 e. The quantitative estimate of drug-likeness (QED) is 0.759. The molecule has 0 fully saturated rings. The lowest BCUT2D eigenvalue weighted by atomic mass is 10.1. The Labute approximate surface area is 125 Å². The van der Waals surface area contributed by atoms with E-state index in [1.807, 2.05) is 14.0 Å². The van der Waals surface area contributed by atoms with Crippen molar-refractivity contribution in [3.8, 4) is 5.75 Å². The summed E-state index contributed by atoms with van der Waals surface area (Å²) in [5, 5.41) is 6.46. The SMILES string of the molecule is CNCC(C)C(=O)NCCOc1ccc(Cl)cc1.Cl. The van der Waals surface area contributed by atoms with E-state index in [2.05, 4.69) is 10.6 Å². The van der Waals surface area contributed by atoms with E-state index >= 15 is 0 Å². The van der Waals surface area contributed by atoms with Gasteiger partial charge in [-0.15, -0.1) is 12.4 Å². The molecule has 0 saturated heterocycles. The lowest BCUT2D eigenvalue weighted by Crippen LogP contribution is -2.36. The molecule has 0 aliphatic rings. The van der Waals surface area contributed by atoms with E-state index in [1.54, 1.807) is 24.3 Å². The molecule has 0 saturated carbocycles. The lowest BCUT2D eigenvalue weighted by molar-refractivity contribution is -0.124. The molecule has 1 aromatic carbocycles. The summed E-state index contributed by atoms with van der Waals surface area (Å²) in [5.41, 5.74) is 0. The number of halogens is 2. The zero-order valence-corrected chi connectivity index (χ0v) is 12.7. The van der Waals surface area contributed by atoms with Gasteiger partial charge in [-0.2, -0.15) is 0 Å². The third kappa shape index (κ3) is 7.25. The molecular formula is C13H20Cl2N2O2. The van der Waals surface area contributed by atoms with Crippen LogP contribution < -0.4 is 15.4 Å². The first-order valence-corrected chi connectivity index (χ1v) is 6.32. The van der Waals surface area contributed by atoms with Crippen molar-refractivity contribution >= 4 is 29.9 Å². The first kappa shape index (κ1) is 18.0. The van der Waals surface area contributed by atoms with Crippen molar-refractivity contribution in [2.75, 3.05) is 26.7 Å². The number of nitrogens with one attached hydrogen (secondary N) is 2. The number of rotatable bonds is 7. The number of ether oxygens (including phenoxy) is 1. The van der Waals surface area contributed by atoms with Gasteiger partial charge in [0.05, 0.1) is 6.54 Å². The fraction of sp³-hybridized carbons (Fsp3) is 0.462. The second-order valence-electron chi connectivity index (χ2n) is 4.05. The lowest BCUT2D eigenvalue weighted by Gasteiger charge is -2.12. The molecule has 4 nitrogen and oxygen atoms in total. The monoisotopic (exact) mass is 306 g/mol. The number of amides is 1. The molecule has 1 atom stereocenters. The third-order valence-electron chi connectivity index (χ3n) is 2.44. The number of carbonyl (C=O) groups is 1. The normalized spacial score (nSPS) is 11.3. The van der Waals surface area contributed by atoms with Gasteiger partial charge in [-0.3, -0.25) is 4.79 Å². The largest absolute Gasteiger partial charge is 0.492 e. The number of carbonyl (C=O) groups excluding carboxylic acids is 1. The van der Waals surface area contributed by atoms with Gasteiger partial charge in [-0.1, -0.05) is 18.5 Å². The first-order valence-electron chi connectivity index (χ1n) is 5.94. The summed E-state index contributed by atoms with van der Waals surface area (Å²) >= 11 is 5.76. The Morgan fingerprint density at radius 3 is 2.58 bits per heavy atom. The smallest absolute Gasteiger partial charge is 0.224 e. The van der Waals surface area contributed by atoms with Crippen LogP contribution in [0.2, 0.25) is 5.02 Å². The fourth-order valence-corrected chi connectivity index (χ4v) is 1.57. The third-order valence-corrected chi connectivity index (χ3v) is 2.69. The van der Waals surface area contributed by atoms with E-state index in [0.717, 1.165) is 5.75 Å². The second-order valence-corrected chi connectivity index (χ2v) is 4.49. The standard InChI is InChI=1S/C13H19ClN2O2.ClH/c1-10(9-15-2)13(17)16-7-8-18-12-5-3-11(14)4-6-12;/h3-6,10,15H,7-9H2,1-2H3,(H,16,17);1H. The van der Waals surface area contributed by atoms with Gasteiger partial charge in [0.15, 0.2) is 0 Å². The molecule has 2 N–H and O–H groups in total. The summed E-state index contributed by atoms with van der Waals surface area (Å²) in [6.45, 7) is 3.49. The molecule has 1 amide bonds. The zero-order chi connectivity index (χ0) is 13.4. The molecular weight excluding hydrogens is 287 g/mol. The van der Waals surface area contributed by atoms with Crippen molar-refractivity contribution in [1.29, 1.82) is 0 Å². The van der Waals surface area contributed by atoms with Crippen LogP contribution in [0.15, 0.2) is 24.3 Å². The van der Waals surface area contributed by atoms with Crippen molar-refractivity contribution in [3.63, 3.8) is 0 Å². The van der Waals surface area contributed by atoms with Crippen LogP contribution in [0, 0.1) is 5.92 Å². The van der Waals surface area contributed by atoms with E-state index in [1.165, 1.54) is 0 Å². The van der Waals surface area contributed by atoms with Crippen molar-refractivity contribution in [2.24, 2.45) is 5.92 Å². The highest BCUT2D eigenvalue weighted by Crippen LogP contribution is 2.15. The molecule has 0 heterocycles. The van der Waals surface area contributed by atoms with Crippen LogP contribution >= 0.6 is 24.0 Å². The molecule has 19 heavy (non-hydrogen) atoms. The highest BCUT2D eigenvalue weighted by molar-refractivity contribution is 6.30. The minimum Gasteiger partial charge on any atom is -0.492 e. The van der Waals surface area contributed by atoms with Gasteiger partial charge in [0.2, 0.25) is 5.91 Å². The van der Waals surface area contributed by atoms with E-state index < -0.39 is 0 Å². The second kappa shape index (κ2) is 9.89. The Morgan fingerprint density at radius 2 is 2.00 bits per heavy atom. The molecule has 0 radical (unpaired) electrons. The average molecular weight is 307 g/mol. The predicted octanol–water partition coefficient (Wildman–Crippen LogP) is 2.11. The maximum absolute atomic E-state index is 11.6. The molecule has 108 valence electrons. The van der Waals surface area contributed by atoms with Crippen LogP contribution in [0.1, 0.15) is 6.92 Å². The summed E-state index contributed by atoms with van der Waals surface area (Å²) in [6.07, 6.45) is 0. The summed E-state index contributed by atoms with van der Waals surface area (Å²) < 4.78 is 5.46. The zero-order valence-electron chi connectivity index (χ0n) is 11.1. The molecule has 1 aromatic rings. The maximum atomic E-state index is 11.6. The predicted molar refractivity (Wildman–Crippen MR) is 80.3 cm³/mol. The van der Waals surface area contributed by atoms with Crippen molar-refractivity contribution in [2.45, 2.75) is 6.92 Å². The van der Waals surface area contributed by atoms with E-state index in [-0.39, 0.29) is 24.2 Å². The van der Waals surface area contributed by atoms with Gasteiger partial charge < -0.3 is 15.4 Å². The van der Waals surface area contributed by atoms with Crippen LogP contribution in [0.3, 0.4) is 0 Å². The molecule has 0 spiro atoms. The molecule has 0 aromatic heterocycles. The Bertz CT molecular complexity index is 371. The van der Waals surface area contributed by atoms with Gasteiger partial charge in [-0.25, -0.2) is 0 Å². The number of hydrogen-bond donors (Lipinski definition) is 2. The summed E-state index contributed by atoms with van der Waals surface area (Å²) in [7, 11) is 1.83. The van der Waals surface area contributed by atoms with E-state index in [4.69, 9.17) is 16.3 Å². The van der Waals surface area contributed by atoms with Crippen molar-refractivity contribution in [3.05, 3.63) is 29.3 Å². The summed E-state index contributed by atoms with van der Waals surface area (Å²) in [5.74, 6) is 0.742. The Morgan fingerprint density at radius 1 is 1.37 bits per heavy atom. The average Bonchev–Trinajstić information content (AvgIpc) is 2.36. The number of benzene rings is 1. The minimum absolute atomic E-state index is 0. The van der Waals surface area contributed by atoms with Gasteiger partial charge in [0.1, 0.15) is 12.4 Å². The summed E-state index contributed by atoms with van der Waals surface area (Å²) in [6, 6.07) is 7.14. The van der Waals surface area contributed by atoms with Crippen LogP contribution in [0.5, 0.6) is 5.75 Å². The Kier molecular flexibility index (Phi) is 9.39. The van der Waals surface area contributed by atoms with Crippen LogP contribution in [-0.2, 0) is 4.79 Å². The van der Waals surface area contributed by atoms with Gasteiger partial charge in [0, 0.05) is 17.5 Å². The van der Waals surface area contributed by atoms with Gasteiger partial charge in [0.25, 0.3) is 0 Å². The Balaban J connectivity index is 0.00000324. The topological polar surface area (TPSA) is 50.4 Å². The highest BCUT2D eigenvalue weighted by Gasteiger charge is 2.10. The van der Waals surface area contributed by atoms with Crippen LogP contribution in [0.25, 0.3) is 0 Å². The minimum atomic E-state index is -0.0365. The Hall–Kier alpha value is -0.970. The van der Waals surface area contributed by atoms with Crippen LogP contribution in [-0.4, -0.2) is 32.7 Å². The molecule has 1 rings (SSSR count). The van der Waals surface area contributed by atoms with Crippen LogP contribution in [0.4, 0.5) is 0 Å².